The molecule has 0 aliphatic rings. The van der Waals surface area contributed by atoms with Crippen LogP contribution in [0.5, 0.6) is 5.75 Å². The van der Waals surface area contributed by atoms with Gasteiger partial charge in [-0.1, -0.05) is 6.08 Å². The fourth-order valence-electron chi connectivity index (χ4n) is 1.80. The first kappa shape index (κ1) is 20.9. The lowest BCUT2D eigenvalue weighted by Gasteiger charge is -2.19. The third-order valence-electron chi connectivity index (χ3n) is 2.90. The quantitative estimate of drug-likeness (QED) is 0.656. The number of methoxy groups -OCH3 is 1. The third-order valence-corrected chi connectivity index (χ3v) is 2.90. The Morgan fingerprint density at radius 1 is 1.27 bits per heavy atom. The van der Waals surface area contributed by atoms with Crippen molar-refractivity contribution in [2.24, 2.45) is 0 Å². The molecule has 0 bridgehead atoms. The van der Waals surface area contributed by atoms with Gasteiger partial charge in [-0.3, -0.25) is 4.79 Å². The molecule has 0 atom stereocenters. The molecule has 0 radical (unpaired) electrons. The first-order valence-corrected chi connectivity index (χ1v) is 7.78. The van der Waals surface area contributed by atoms with Gasteiger partial charge >= 0.3 is 12.1 Å². The Bertz CT molecular complexity index is 722. The van der Waals surface area contributed by atoms with Gasteiger partial charge in [0.15, 0.2) is 0 Å². The first-order valence-electron chi connectivity index (χ1n) is 7.78. The molecule has 1 heterocycles. The normalized spacial score (nSPS) is 11.5. The zero-order valence-electron chi connectivity index (χ0n) is 15.4. The van der Waals surface area contributed by atoms with Crippen LogP contribution in [0.15, 0.2) is 23.9 Å². The van der Waals surface area contributed by atoms with Crippen LogP contribution in [0.4, 0.5) is 4.79 Å². The number of alkyl carbamates (subject to hydrolysis) is 1. The number of carbonyl (C=O) groups excluding carboxylic acids is 2. The number of hydrogen-bond donors (Lipinski definition) is 3. The Labute approximate surface area is 151 Å². The molecule has 0 aliphatic heterocycles. The van der Waals surface area contributed by atoms with E-state index in [9.17, 15) is 14.4 Å². The predicted octanol–water partition coefficient (Wildman–Crippen LogP) is 1.83. The van der Waals surface area contributed by atoms with Crippen molar-refractivity contribution < 1.29 is 29.0 Å². The minimum Gasteiger partial charge on any atom is -0.497 e. The molecule has 0 spiro atoms. The molecule has 1 aromatic heterocycles. The van der Waals surface area contributed by atoms with Crippen LogP contribution in [-0.4, -0.2) is 40.8 Å². The number of carbonyl (C=O) groups is 3. The maximum absolute atomic E-state index is 12.2. The van der Waals surface area contributed by atoms with Crippen molar-refractivity contribution in [3.05, 3.63) is 35.3 Å². The molecule has 0 saturated heterocycles. The highest BCUT2D eigenvalue weighted by Gasteiger charge is 2.18. The Morgan fingerprint density at radius 2 is 1.92 bits per heavy atom. The van der Waals surface area contributed by atoms with Gasteiger partial charge in [0.05, 0.1) is 19.3 Å². The van der Waals surface area contributed by atoms with Crippen molar-refractivity contribution in [3.63, 3.8) is 0 Å². The topological polar surface area (TPSA) is 127 Å². The summed E-state index contributed by atoms with van der Waals surface area (Å²) in [5.41, 5.74) is -0.617. The zero-order chi connectivity index (χ0) is 19.9. The Hall–Kier alpha value is -3.10. The van der Waals surface area contributed by atoms with E-state index in [-0.39, 0.29) is 17.9 Å². The van der Waals surface area contributed by atoms with Gasteiger partial charge in [0.25, 0.3) is 5.91 Å². The van der Waals surface area contributed by atoms with Gasteiger partial charge in [-0.25, -0.2) is 14.6 Å². The van der Waals surface area contributed by atoms with E-state index in [2.05, 4.69) is 15.6 Å². The van der Waals surface area contributed by atoms with Crippen LogP contribution in [0.25, 0.3) is 0 Å². The molecule has 1 rings (SSSR count). The number of nitrogens with one attached hydrogen (secondary N) is 2. The van der Waals surface area contributed by atoms with Gasteiger partial charge in [-0.2, -0.15) is 0 Å². The lowest BCUT2D eigenvalue weighted by Crippen LogP contribution is -2.32. The van der Waals surface area contributed by atoms with Crippen molar-refractivity contribution in [1.29, 1.82) is 0 Å². The maximum atomic E-state index is 12.2. The average Bonchev–Trinajstić information content (AvgIpc) is 2.55. The molecule has 142 valence electrons. The number of carboxylic acids is 1. The van der Waals surface area contributed by atoms with E-state index in [4.69, 9.17) is 14.6 Å². The summed E-state index contributed by atoms with van der Waals surface area (Å²) in [6.07, 6.45) is 0.626. The van der Waals surface area contributed by atoms with E-state index < -0.39 is 23.6 Å². The van der Waals surface area contributed by atoms with Crippen LogP contribution in [0.3, 0.4) is 0 Å². The number of hydrogen-bond acceptors (Lipinski definition) is 6. The molecule has 26 heavy (non-hydrogen) atoms. The van der Waals surface area contributed by atoms with Crippen molar-refractivity contribution >= 4 is 18.0 Å². The van der Waals surface area contributed by atoms with E-state index in [1.807, 2.05) is 0 Å². The van der Waals surface area contributed by atoms with Crippen LogP contribution in [0, 0.1) is 0 Å². The second-order valence-corrected chi connectivity index (χ2v) is 6.20. The molecular weight excluding hydrogens is 342 g/mol. The van der Waals surface area contributed by atoms with Crippen LogP contribution >= 0.6 is 0 Å². The van der Waals surface area contributed by atoms with Gasteiger partial charge in [-0.15, -0.1) is 0 Å². The fourth-order valence-corrected chi connectivity index (χ4v) is 1.80. The van der Waals surface area contributed by atoms with E-state index >= 15 is 0 Å². The van der Waals surface area contributed by atoms with Gasteiger partial charge in [0.1, 0.15) is 22.7 Å². The van der Waals surface area contributed by atoms with Crippen molar-refractivity contribution in [1.82, 2.24) is 15.6 Å². The molecule has 9 nitrogen and oxygen atoms in total. The van der Waals surface area contributed by atoms with Gasteiger partial charge in [0.2, 0.25) is 0 Å². The number of amides is 2. The summed E-state index contributed by atoms with van der Waals surface area (Å²) in [4.78, 5) is 39.0. The Kier molecular flexibility index (Phi) is 7.12. The second-order valence-electron chi connectivity index (χ2n) is 6.20. The molecule has 9 heteroatoms. The van der Waals surface area contributed by atoms with E-state index in [1.165, 1.54) is 26.2 Å². The average molecular weight is 365 g/mol. The third kappa shape index (κ3) is 6.80. The van der Waals surface area contributed by atoms with E-state index in [0.29, 0.717) is 11.4 Å². The maximum Gasteiger partial charge on any atom is 0.407 e. The number of aromatic nitrogens is 1. The lowest BCUT2D eigenvalue weighted by atomic mass is 10.2. The van der Waals surface area contributed by atoms with Crippen molar-refractivity contribution in [2.45, 2.75) is 39.8 Å². The number of aliphatic carboxylic acids is 1. The summed E-state index contributed by atoms with van der Waals surface area (Å²) >= 11 is 0. The fraction of sp³-hybridized carbons (Fsp3) is 0.412. The number of rotatable bonds is 6. The number of pyridine rings is 1. The Morgan fingerprint density at radius 3 is 2.42 bits per heavy atom. The molecule has 0 saturated carbocycles. The summed E-state index contributed by atoms with van der Waals surface area (Å²) in [6.45, 7) is 6.70. The summed E-state index contributed by atoms with van der Waals surface area (Å²) in [5.74, 6) is -1.64. The van der Waals surface area contributed by atoms with E-state index in [1.54, 1.807) is 26.8 Å². The number of carboxylic acid groups (broad SMARTS) is 1. The minimum absolute atomic E-state index is 0.00178. The number of nitrogens with zero attached hydrogens (tertiary/aromatic N) is 1. The molecule has 1 aromatic rings. The zero-order valence-corrected chi connectivity index (χ0v) is 15.4. The SMILES string of the molecule is C/C=C(\NC(=O)c1cc(OC)cc(CNC(=O)OC(C)(C)C)n1)C(=O)O. The van der Waals surface area contributed by atoms with Crippen LogP contribution in [0.2, 0.25) is 0 Å². The van der Waals surface area contributed by atoms with Gasteiger partial charge in [-0.05, 0) is 27.7 Å². The smallest absolute Gasteiger partial charge is 0.407 e. The van der Waals surface area contributed by atoms with Crippen molar-refractivity contribution in [3.8, 4) is 5.75 Å². The van der Waals surface area contributed by atoms with Crippen LogP contribution in [-0.2, 0) is 16.1 Å². The molecule has 3 N–H and O–H groups in total. The first-order chi connectivity index (χ1) is 12.1. The lowest BCUT2D eigenvalue weighted by molar-refractivity contribution is -0.133. The molecule has 2 amide bonds. The summed E-state index contributed by atoms with van der Waals surface area (Å²) in [6, 6.07) is 2.91. The van der Waals surface area contributed by atoms with Crippen LogP contribution < -0.4 is 15.4 Å². The minimum atomic E-state index is -1.27. The molecule has 0 aliphatic carbocycles. The highest BCUT2D eigenvalue weighted by atomic mass is 16.6. The standard InChI is InChI=1S/C17H23N3O6/c1-6-12(15(22)23)20-14(21)13-8-11(25-5)7-10(19-13)9-18-16(24)26-17(2,3)4/h6-8H,9H2,1-5H3,(H,18,24)(H,20,21)(H,22,23)/b12-6-. The molecule has 0 unspecified atom stereocenters. The van der Waals surface area contributed by atoms with Crippen molar-refractivity contribution in [2.75, 3.05) is 7.11 Å². The van der Waals surface area contributed by atoms with E-state index in [0.717, 1.165) is 0 Å². The highest BCUT2D eigenvalue weighted by molar-refractivity contribution is 5.99. The molecule has 0 aromatic carbocycles. The monoisotopic (exact) mass is 365 g/mol. The van der Waals surface area contributed by atoms with Gasteiger partial charge < -0.3 is 25.2 Å². The molecule has 0 fully saturated rings. The largest absolute Gasteiger partial charge is 0.497 e. The summed E-state index contributed by atoms with van der Waals surface area (Å²) in [5, 5.41) is 13.7. The molecular formula is C17H23N3O6. The number of ether oxygens (including phenoxy) is 2. The Balaban J connectivity index is 2.92. The van der Waals surface area contributed by atoms with Gasteiger partial charge in [0, 0.05) is 12.1 Å². The van der Waals surface area contributed by atoms with Crippen LogP contribution in [0.1, 0.15) is 43.9 Å². The highest BCUT2D eigenvalue weighted by Crippen LogP contribution is 2.15. The second kappa shape index (κ2) is 8.84. The number of allylic oxidation sites excluding steroid dienone is 1. The predicted molar refractivity (Wildman–Crippen MR) is 92.7 cm³/mol. The summed E-state index contributed by atoms with van der Waals surface area (Å²) < 4.78 is 10.2. The summed E-state index contributed by atoms with van der Waals surface area (Å²) in [7, 11) is 1.41.